The van der Waals surface area contributed by atoms with Crippen molar-refractivity contribution in [3.05, 3.63) is 107 Å². The third kappa shape index (κ3) is 14.9. The van der Waals surface area contributed by atoms with Gasteiger partial charge in [0.05, 0.1) is 53.2 Å². The predicted molar refractivity (Wildman–Crippen MR) is 148 cm³/mol. The second-order valence-corrected chi connectivity index (χ2v) is 8.16. The van der Waals surface area contributed by atoms with Gasteiger partial charge in [0.25, 0.3) is 0 Å². The fourth-order valence-corrected chi connectivity index (χ4v) is 2.65. The van der Waals surface area contributed by atoms with Crippen molar-refractivity contribution in [2.45, 2.75) is 26.1 Å². The summed E-state index contributed by atoms with van der Waals surface area (Å²) in [6.45, 7) is 3.70. The minimum atomic E-state index is -1.23. The maximum Gasteiger partial charge on any atom is 0.336 e. The minimum absolute atomic E-state index is 0.00667. The van der Waals surface area contributed by atoms with Crippen LogP contribution in [-0.2, 0) is 4.74 Å². The minimum Gasteiger partial charge on any atom is -0.478 e. The number of carboxylic acid groups (broad SMARTS) is 5. The number of aliphatic hydroxyl groups is 2. The molecule has 0 aromatic heterocycles. The number of hydrogen-bond acceptors (Lipinski definition) is 8. The van der Waals surface area contributed by atoms with Crippen molar-refractivity contribution in [1.29, 1.82) is 0 Å². The second-order valence-electron chi connectivity index (χ2n) is 8.16. The van der Waals surface area contributed by atoms with Gasteiger partial charge in [0.2, 0.25) is 0 Å². The second kappa shape index (κ2) is 19.9. The summed E-state index contributed by atoms with van der Waals surface area (Å²) >= 11 is 0. The Labute approximate surface area is 240 Å². The molecule has 13 nitrogen and oxygen atoms in total. The molecule has 7 N–H and O–H groups in total. The molecular formula is C29H32O13. The molecule has 0 saturated carbocycles. The van der Waals surface area contributed by atoms with E-state index in [1.165, 1.54) is 48.5 Å². The highest BCUT2D eigenvalue weighted by Gasteiger charge is 2.14. The molecule has 3 aromatic rings. The fourth-order valence-electron chi connectivity index (χ4n) is 2.65. The van der Waals surface area contributed by atoms with Gasteiger partial charge in [-0.1, -0.05) is 42.5 Å². The van der Waals surface area contributed by atoms with Crippen LogP contribution in [0.3, 0.4) is 0 Å². The van der Waals surface area contributed by atoms with Gasteiger partial charge in [-0.3, -0.25) is 0 Å². The van der Waals surface area contributed by atoms with E-state index in [2.05, 4.69) is 0 Å². The Kier molecular flexibility index (Phi) is 17.5. The molecule has 0 spiro atoms. The van der Waals surface area contributed by atoms with Gasteiger partial charge in [0, 0.05) is 0 Å². The largest absolute Gasteiger partial charge is 0.478 e. The molecule has 13 heteroatoms. The lowest BCUT2D eigenvalue weighted by atomic mass is 10.1. The highest BCUT2D eigenvalue weighted by atomic mass is 16.5. The summed E-state index contributed by atoms with van der Waals surface area (Å²) in [6.07, 6.45) is -0.612. The summed E-state index contributed by atoms with van der Waals surface area (Å²) in [4.78, 5) is 52.1. The van der Waals surface area contributed by atoms with E-state index < -0.39 is 36.0 Å². The highest BCUT2D eigenvalue weighted by molar-refractivity contribution is 6.02. The molecule has 0 amide bonds. The molecule has 0 radical (unpaired) electrons. The first-order valence-electron chi connectivity index (χ1n) is 12.0. The molecule has 0 bridgehead atoms. The van der Waals surface area contributed by atoms with E-state index in [0.717, 1.165) is 0 Å². The number of aromatic carboxylic acids is 5. The van der Waals surface area contributed by atoms with Crippen molar-refractivity contribution >= 4 is 29.8 Å². The number of ether oxygens (including phenoxy) is 1. The first-order valence-corrected chi connectivity index (χ1v) is 12.0. The first kappa shape index (κ1) is 36.9. The summed E-state index contributed by atoms with van der Waals surface area (Å²) in [5, 5.41) is 59.7. The summed E-state index contributed by atoms with van der Waals surface area (Å²) < 4.78 is 4.95. The number of carboxylic acids is 5. The molecule has 226 valence electrons. The van der Waals surface area contributed by atoms with Gasteiger partial charge in [-0.15, -0.1) is 0 Å². The Hall–Kier alpha value is -5.11. The molecule has 3 aromatic carbocycles. The number of rotatable bonds is 9. The topological polar surface area (TPSA) is 236 Å². The molecule has 0 saturated heterocycles. The lowest BCUT2D eigenvalue weighted by molar-refractivity contribution is -0.0177. The van der Waals surface area contributed by atoms with E-state index in [9.17, 15) is 24.0 Å². The summed E-state index contributed by atoms with van der Waals surface area (Å²) in [5.41, 5.74) is -0.428. The number of hydrogen-bond donors (Lipinski definition) is 7. The van der Waals surface area contributed by atoms with Crippen molar-refractivity contribution in [2.24, 2.45) is 0 Å². The molecule has 2 unspecified atom stereocenters. The van der Waals surface area contributed by atoms with Crippen LogP contribution in [0.1, 0.15) is 65.6 Å². The Morgan fingerprint density at radius 1 is 0.571 bits per heavy atom. The highest BCUT2D eigenvalue weighted by Crippen LogP contribution is 2.08. The average Bonchev–Trinajstić information content (AvgIpc) is 2.97. The Balaban J connectivity index is 0.000000539. The molecule has 0 aliphatic carbocycles. The molecule has 0 fully saturated rings. The van der Waals surface area contributed by atoms with E-state index >= 15 is 0 Å². The summed E-state index contributed by atoms with van der Waals surface area (Å²) in [6, 6.07) is 19.2. The van der Waals surface area contributed by atoms with Gasteiger partial charge in [-0.2, -0.15) is 0 Å². The maximum absolute atomic E-state index is 10.5. The fraction of sp³-hybridized carbons (Fsp3) is 0.207. The smallest absolute Gasteiger partial charge is 0.336 e. The van der Waals surface area contributed by atoms with Crippen LogP contribution in [0.5, 0.6) is 0 Å². The quantitative estimate of drug-likeness (QED) is 0.190. The van der Waals surface area contributed by atoms with Crippen molar-refractivity contribution < 1.29 is 64.5 Å². The SMILES string of the molecule is CC(O)COC(C)CO.O=C(O)c1ccccc1.O=C(O)c1ccccc1C(=O)O.O=C(O)c1ccccc1C(=O)O. The zero-order chi connectivity index (χ0) is 32.2. The van der Waals surface area contributed by atoms with Gasteiger partial charge in [-0.25, -0.2) is 24.0 Å². The third-order valence-corrected chi connectivity index (χ3v) is 4.68. The molecular weight excluding hydrogens is 556 g/mol. The van der Waals surface area contributed by atoms with Gasteiger partial charge in [0.1, 0.15) is 0 Å². The Bertz CT molecular complexity index is 1170. The lowest BCUT2D eigenvalue weighted by Gasteiger charge is -2.10. The summed E-state index contributed by atoms with van der Waals surface area (Å²) in [7, 11) is 0. The van der Waals surface area contributed by atoms with Crippen molar-refractivity contribution in [3.8, 4) is 0 Å². The molecule has 0 aliphatic heterocycles. The zero-order valence-corrected chi connectivity index (χ0v) is 22.7. The standard InChI is InChI=1S/2C8H6O4.C7H6O2.C6H14O3/c2*9-7(10)5-3-1-2-4-6(5)8(11)12;8-7(9)6-4-2-1-3-5-6;1-5(8)4-9-6(2)3-7/h2*1-4H,(H,9,10)(H,11,12);1-5H,(H,8,9);5-8H,3-4H2,1-2H3. The van der Waals surface area contributed by atoms with Crippen LogP contribution in [0.2, 0.25) is 0 Å². The van der Waals surface area contributed by atoms with E-state index in [4.69, 9.17) is 40.5 Å². The van der Waals surface area contributed by atoms with E-state index in [-0.39, 0.29) is 35.0 Å². The van der Waals surface area contributed by atoms with Crippen LogP contribution < -0.4 is 0 Å². The van der Waals surface area contributed by atoms with Crippen LogP contribution >= 0.6 is 0 Å². The first-order chi connectivity index (χ1) is 19.7. The summed E-state index contributed by atoms with van der Waals surface area (Å²) in [5.74, 6) is -5.79. The van der Waals surface area contributed by atoms with Gasteiger partial charge < -0.3 is 40.5 Å². The molecule has 42 heavy (non-hydrogen) atoms. The maximum atomic E-state index is 10.5. The molecule has 0 heterocycles. The predicted octanol–water partition coefficient (Wildman–Crippen LogP) is 3.32. The molecule has 0 aliphatic rings. The van der Waals surface area contributed by atoms with Crippen molar-refractivity contribution in [2.75, 3.05) is 13.2 Å². The van der Waals surface area contributed by atoms with Gasteiger partial charge in [0.15, 0.2) is 0 Å². The van der Waals surface area contributed by atoms with Crippen LogP contribution in [0.25, 0.3) is 0 Å². The van der Waals surface area contributed by atoms with Gasteiger partial charge in [-0.05, 0) is 50.2 Å². The third-order valence-electron chi connectivity index (χ3n) is 4.68. The van der Waals surface area contributed by atoms with Gasteiger partial charge >= 0.3 is 29.8 Å². The normalized spacial score (nSPS) is 11.0. The van der Waals surface area contributed by atoms with Crippen LogP contribution in [0.4, 0.5) is 0 Å². The van der Waals surface area contributed by atoms with Crippen LogP contribution in [0.15, 0.2) is 78.9 Å². The molecule has 3 rings (SSSR count). The number of carbonyl (C=O) groups is 5. The van der Waals surface area contributed by atoms with E-state index in [0.29, 0.717) is 12.2 Å². The Morgan fingerprint density at radius 2 is 0.881 bits per heavy atom. The van der Waals surface area contributed by atoms with Crippen molar-refractivity contribution in [1.82, 2.24) is 0 Å². The number of aliphatic hydroxyl groups excluding tert-OH is 2. The number of benzene rings is 3. The molecule has 2 atom stereocenters. The monoisotopic (exact) mass is 588 g/mol. The van der Waals surface area contributed by atoms with Crippen molar-refractivity contribution in [3.63, 3.8) is 0 Å². The van der Waals surface area contributed by atoms with E-state index in [1.807, 2.05) is 0 Å². The Morgan fingerprint density at radius 3 is 1.10 bits per heavy atom. The zero-order valence-electron chi connectivity index (χ0n) is 22.7. The lowest BCUT2D eigenvalue weighted by Crippen LogP contribution is -2.19. The van der Waals surface area contributed by atoms with Crippen LogP contribution in [0, 0.1) is 0 Å². The van der Waals surface area contributed by atoms with Crippen LogP contribution in [-0.4, -0.2) is 91.0 Å². The van der Waals surface area contributed by atoms with E-state index in [1.54, 1.807) is 44.2 Å². The average molecular weight is 589 g/mol.